The van der Waals surface area contributed by atoms with E-state index in [2.05, 4.69) is 10.2 Å². The van der Waals surface area contributed by atoms with E-state index < -0.39 is 11.9 Å². The molecular weight excluding hydrogens is 640 g/mol. The van der Waals surface area contributed by atoms with Gasteiger partial charge in [-0.15, -0.1) is 0 Å². The highest BCUT2D eigenvalue weighted by molar-refractivity contribution is 5.92. The second kappa shape index (κ2) is 16.1. The van der Waals surface area contributed by atoms with E-state index in [4.69, 9.17) is 14.6 Å². The van der Waals surface area contributed by atoms with Gasteiger partial charge in [-0.25, -0.2) is 4.79 Å². The number of carbonyl (C=O) groups excluding carboxylic acids is 3. The van der Waals surface area contributed by atoms with Crippen LogP contribution in [-0.4, -0.2) is 139 Å². The summed E-state index contributed by atoms with van der Waals surface area (Å²) in [5.74, 6) is -0.179. The third-order valence-corrected chi connectivity index (χ3v) is 10.9. The molecule has 50 heavy (non-hydrogen) atoms. The summed E-state index contributed by atoms with van der Waals surface area (Å²) in [7, 11) is 3.17. The predicted octanol–water partition coefficient (Wildman–Crippen LogP) is 2.98. The highest BCUT2D eigenvalue weighted by atomic mass is 16.5. The molecular formula is C37H50N6O7. The van der Waals surface area contributed by atoms with Crippen LogP contribution in [-0.2, 0) is 27.3 Å². The number of methoxy groups -OCH3 is 2. The summed E-state index contributed by atoms with van der Waals surface area (Å²) < 4.78 is 10.9. The number of carbonyl (C=O) groups is 4. The number of ether oxygens (including phenoxy) is 2. The van der Waals surface area contributed by atoms with Gasteiger partial charge in [-0.1, -0.05) is 24.3 Å². The minimum Gasteiger partial charge on any atom is -0.493 e. The van der Waals surface area contributed by atoms with Gasteiger partial charge in [0.05, 0.1) is 26.7 Å². The zero-order valence-corrected chi connectivity index (χ0v) is 29.2. The number of hydrogen-bond donors (Lipinski definition) is 2. The van der Waals surface area contributed by atoms with Crippen molar-refractivity contribution >= 4 is 29.5 Å². The summed E-state index contributed by atoms with van der Waals surface area (Å²) in [6.45, 7) is 6.08. The maximum Gasteiger partial charge on any atom is 0.322 e. The molecule has 2 N–H and O–H groups in total. The van der Waals surface area contributed by atoms with E-state index in [0.717, 1.165) is 55.8 Å². The number of anilines is 1. The number of hydrogen-bond acceptors (Lipinski definition) is 8. The molecule has 2 aromatic carbocycles. The molecule has 0 aliphatic carbocycles. The number of fused-ring (bicyclic) bond motifs is 1. The molecule has 6 rings (SSSR count). The average molecular weight is 691 g/mol. The SMILES string of the molecule is COc1ccc(CC(CC(=O)N2CCC(N3Cc4ccccc4NC3=O)CC2)C(=O)N2CCC(N3CCN(CC(=O)O)CC3)CC2)cc1OC. The van der Waals surface area contributed by atoms with Crippen molar-refractivity contribution in [3.63, 3.8) is 0 Å². The second-order valence-corrected chi connectivity index (χ2v) is 13.9. The summed E-state index contributed by atoms with van der Waals surface area (Å²) in [6, 6.07) is 13.8. The quantitative estimate of drug-likeness (QED) is 0.365. The van der Waals surface area contributed by atoms with Gasteiger partial charge < -0.3 is 34.6 Å². The van der Waals surface area contributed by atoms with Crippen molar-refractivity contribution in [2.24, 2.45) is 5.92 Å². The van der Waals surface area contributed by atoms with Crippen molar-refractivity contribution in [1.29, 1.82) is 0 Å². The van der Waals surface area contributed by atoms with Crippen LogP contribution in [0, 0.1) is 5.92 Å². The second-order valence-electron chi connectivity index (χ2n) is 13.9. The summed E-state index contributed by atoms with van der Waals surface area (Å²) in [6.07, 6.45) is 3.59. The zero-order chi connectivity index (χ0) is 35.2. The van der Waals surface area contributed by atoms with Crippen molar-refractivity contribution in [1.82, 2.24) is 24.5 Å². The third-order valence-electron chi connectivity index (χ3n) is 10.9. The Hall–Kier alpha value is -4.36. The van der Waals surface area contributed by atoms with Crippen LogP contribution in [0.25, 0.3) is 0 Å². The van der Waals surface area contributed by atoms with E-state index in [1.807, 2.05) is 62.1 Å². The number of carboxylic acid groups (broad SMARTS) is 1. The Morgan fingerprint density at radius 1 is 0.840 bits per heavy atom. The van der Waals surface area contributed by atoms with Crippen LogP contribution in [0.4, 0.5) is 10.5 Å². The molecule has 0 saturated carbocycles. The summed E-state index contributed by atoms with van der Waals surface area (Å²) in [4.78, 5) is 62.1. The molecule has 270 valence electrons. The van der Waals surface area contributed by atoms with E-state index in [-0.39, 0.29) is 36.9 Å². The molecule has 13 heteroatoms. The lowest BCUT2D eigenvalue weighted by atomic mass is 9.91. The molecule has 13 nitrogen and oxygen atoms in total. The Morgan fingerprint density at radius 3 is 2.18 bits per heavy atom. The van der Waals surface area contributed by atoms with E-state index in [0.29, 0.717) is 69.5 Å². The normalized spacial score (nSPS) is 20.2. The van der Waals surface area contributed by atoms with Crippen LogP contribution in [0.3, 0.4) is 0 Å². The Kier molecular flexibility index (Phi) is 11.4. The molecule has 3 saturated heterocycles. The van der Waals surface area contributed by atoms with Crippen LogP contribution >= 0.6 is 0 Å². The average Bonchev–Trinajstić information content (AvgIpc) is 3.14. The van der Waals surface area contributed by atoms with Crippen molar-refractivity contribution < 1.29 is 33.8 Å². The zero-order valence-electron chi connectivity index (χ0n) is 29.2. The summed E-state index contributed by atoms with van der Waals surface area (Å²) >= 11 is 0. The van der Waals surface area contributed by atoms with Gasteiger partial charge in [0.1, 0.15) is 0 Å². The number of piperazine rings is 1. The van der Waals surface area contributed by atoms with Crippen LogP contribution in [0.2, 0.25) is 0 Å². The van der Waals surface area contributed by atoms with E-state index >= 15 is 0 Å². The van der Waals surface area contributed by atoms with Gasteiger partial charge >= 0.3 is 12.0 Å². The number of para-hydroxylation sites is 1. The van der Waals surface area contributed by atoms with Gasteiger partial charge in [0.15, 0.2) is 11.5 Å². The van der Waals surface area contributed by atoms with Crippen LogP contribution in [0.5, 0.6) is 11.5 Å². The number of benzene rings is 2. The number of rotatable bonds is 11. The fourth-order valence-corrected chi connectivity index (χ4v) is 8.01. The lowest BCUT2D eigenvalue weighted by Gasteiger charge is -2.43. The molecule has 1 unspecified atom stereocenters. The molecule has 2 aromatic rings. The number of likely N-dealkylation sites (tertiary alicyclic amines) is 2. The molecule has 0 aromatic heterocycles. The van der Waals surface area contributed by atoms with E-state index in [1.165, 1.54) is 0 Å². The maximum atomic E-state index is 14.2. The maximum absolute atomic E-state index is 14.2. The number of nitrogens with zero attached hydrogens (tertiary/aromatic N) is 5. The summed E-state index contributed by atoms with van der Waals surface area (Å²) in [5.41, 5.74) is 2.84. The molecule has 3 fully saturated rings. The first-order valence-electron chi connectivity index (χ1n) is 17.8. The monoisotopic (exact) mass is 690 g/mol. The van der Waals surface area contributed by atoms with Gasteiger partial charge in [0.2, 0.25) is 11.8 Å². The molecule has 0 bridgehead atoms. The molecule has 4 heterocycles. The lowest BCUT2D eigenvalue weighted by molar-refractivity contribution is -0.143. The molecule has 4 amide bonds. The van der Waals surface area contributed by atoms with Crippen molar-refractivity contribution in [2.45, 2.75) is 57.2 Å². The topological polar surface area (TPSA) is 135 Å². The van der Waals surface area contributed by atoms with Crippen LogP contribution < -0.4 is 14.8 Å². The van der Waals surface area contributed by atoms with Crippen molar-refractivity contribution in [2.75, 3.05) is 78.4 Å². The van der Waals surface area contributed by atoms with E-state index in [1.54, 1.807) is 14.2 Å². The number of aliphatic carboxylic acids is 1. The molecule has 4 aliphatic rings. The third kappa shape index (κ3) is 8.32. The highest BCUT2D eigenvalue weighted by Gasteiger charge is 2.36. The van der Waals surface area contributed by atoms with Gasteiger partial charge in [0, 0.05) is 83.1 Å². The van der Waals surface area contributed by atoms with Crippen molar-refractivity contribution in [3.8, 4) is 11.5 Å². The van der Waals surface area contributed by atoms with Gasteiger partial charge in [0.25, 0.3) is 0 Å². The molecule has 0 radical (unpaired) electrons. The Balaban J connectivity index is 1.07. The van der Waals surface area contributed by atoms with Gasteiger partial charge in [-0.05, 0) is 61.4 Å². The standard InChI is InChI=1S/C37H50N6O7/c1-49-32-8-7-26(22-33(32)50-2)21-28(36(47)42-15-9-29(10-16-42)40-19-17-39(18-20-40)25-35(45)46)23-34(44)41-13-11-30(12-14-41)43-24-27-5-3-4-6-31(27)38-37(43)48/h3-8,22,28-30H,9-21,23-25H2,1-2H3,(H,38,48)(H,45,46). The fourth-order valence-electron chi connectivity index (χ4n) is 8.01. The Bertz CT molecular complexity index is 1530. The largest absolute Gasteiger partial charge is 0.493 e. The Morgan fingerprint density at radius 2 is 1.50 bits per heavy atom. The predicted molar refractivity (Wildman–Crippen MR) is 187 cm³/mol. The first kappa shape index (κ1) is 35.5. The lowest BCUT2D eigenvalue weighted by Crippen LogP contribution is -2.55. The van der Waals surface area contributed by atoms with E-state index in [9.17, 15) is 19.2 Å². The smallest absolute Gasteiger partial charge is 0.322 e. The molecule has 0 spiro atoms. The number of piperidine rings is 2. The van der Waals surface area contributed by atoms with Gasteiger partial charge in [-0.3, -0.25) is 24.2 Å². The Labute approximate surface area is 294 Å². The number of amides is 4. The minimum absolute atomic E-state index is 0.00333. The first-order chi connectivity index (χ1) is 24.2. The number of carboxylic acids is 1. The van der Waals surface area contributed by atoms with Crippen molar-refractivity contribution in [3.05, 3.63) is 53.6 Å². The highest BCUT2D eigenvalue weighted by Crippen LogP contribution is 2.31. The van der Waals surface area contributed by atoms with Gasteiger partial charge in [-0.2, -0.15) is 0 Å². The minimum atomic E-state index is -0.797. The van der Waals surface area contributed by atoms with Crippen LogP contribution in [0.1, 0.15) is 43.2 Å². The summed E-state index contributed by atoms with van der Waals surface area (Å²) in [5, 5.41) is 12.1. The van der Waals surface area contributed by atoms with Crippen LogP contribution in [0.15, 0.2) is 42.5 Å². The number of nitrogens with one attached hydrogen (secondary N) is 1. The molecule has 4 aliphatic heterocycles. The first-order valence-corrected chi connectivity index (χ1v) is 17.8. The number of urea groups is 1. The molecule has 1 atom stereocenters. The fraction of sp³-hybridized carbons (Fsp3) is 0.568.